The van der Waals surface area contributed by atoms with Crippen LogP contribution in [0.25, 0.3) is 0 Å². The Hall–Kier alpha value is -0.890. The quantitative estimate of drug-likeness (QED) is 0.854. The molecule has 9 heteroatoms. The lowest BCUT2D eigenvalue weighted by atomic mass is 9.98. The molecule has 0 spiro atoms. The molecule has 2 heterocycles. The van der Waals surface area contributed by atoms with Gasteiger partial charge in [-0.3, -0.25) is 4.90 Å². The first-order valence-corrected chi connectivity index (χ1v) is 7.44. The third kappa shape index (κ3) is 5.31. The molecule has 2 aliphatic heterocycles. The molecular formula is C15H21Cl2F3N2O2. The van der Waals surface area contributed by atoms with Crippen LogP contribution in [0.1, 0.15) is 24.4 Å². The Labute approximate surface area is 151 Å². The summed E-state index contributed by atoms with van der Waals surface area (Å²) in [6.07, 6.45) is -4.86. The first kappa shape index (κ1) is 21.2. The maximum Gasteiger partial charge on any atom is 0.389 e. The number of ether oxygens (including phenoxy) is 2. The monoisotopic (exact) mass is 388 g/mol. The number of nitrogens with zero attached hydrogens (tertiary/aromatic N) is 1. The van der Waals surface area contributed by atoms with Gasteiger partial charge in [-0.15, -0.1) is 24.8 Å². The Kier molecular flexibility index (Phi) is 7.92. The van der Waals surface area contributed by atoms with Crippen molar-refractivity contribution in [3.05, 3.63) is 23.8 Å². The molecule has 1 N–H and O–H groups in total. The van der Waals surface area contributed by atoms with Gasteiger partial charge in [-0.05, 0) is 24.1 Å². The van der Waals surface area contributed by atoms with Crippen molar-refractivity contribution in [2.75, 3.05) is 33.0 Å². The minimum atomic E-state index is -4.14. The molecule has 2 aliphatic rings. The minimum Gasteiger partial charge on any atom is -0.454 e. The van der Waals surface area contributed by atoms with Crippen molar-refractivity contribution < 1.29 is 22.6 Å². The maximum absolute atomic E-state index is 12.6. The number of halogens is 5. The van der Waals surface area contributed by atoms with E-state index in [1.807, 2.05) is 12.1 Å². The van der Waals surface area contributed by atoms with Crippen LogP contribution in [0.2, 0.25) is 0 Å². The van der Waals surface area contributed by atoms with Gasteiger partial charge in [0.15, 0.2) is 11.5 Å². The Morgan fingerprint density at radius 1 is 1.08 bits per heavy atom. The fourth-order valence-corrected chi connectivity index (χ4v) is 2.97. The number of benzene rings is 1. The molecular weight excluding hydrogens is 368 g/mol. The van der Waals surface area contributed by atoms with Gasteiger partial charge in [0.1, 0.15) is 0 Å². The Balaban J connectivity index is 0.00000144. The lowest BCUT2D eigenvalue weighted by molar-refractivity contribution is -0.138. The molecule has 24 heavy (non-hydrogen) atoms. The highest BCUT2D eigenvalue weighted by atomic mass is 35.5. The SMILES string of the molecule is Cl.Cl.FC(F)(F)CC[C@H](c1ccc2c(c1)OCO2)N1CCNCC1. The fraction of sp³-hybridized carbons (Fsp3) is 0.600. The number of fused-ring (bicyclic) bond motifs is 1. The molecule has 0 bridgehead atoms. The molecule has 0 aromatic heterocycles. The molecule has 1 atom stereocenters. The van der Waals surface area contributed by atoms with Crippen LogP contribution in [-0.2, 0) is 0 Å². The summed E-state index contributed by atoms with van der Waals surface area (Å²) in [5.74, 6) is 1.27. The first-order chi connectivity index (χ1) is 10.5. The third-order valence-corrected chi connectivity index (χ3v) is 4.08. The van der Waals surface area contributed by atoms with Crippen molar-refractivity contribution in [1.82, 2.24) is 10.2 Å². The summed E-state index contributed by atoms with van der Waals surface area (Å²) in [6.45, 7) is 3.26. The van der Waals surface area contributed by atoms with Crippen molar-refractivity contribution in [3.8, 4) is 11.5 Å². The zero-order chi connectivity index (χ0) is 15.6. The van der Waals surface area contributed by atoms with Gasteiger partial charge in [-0.2, -0.15) is 13.2 Å². The number of rotatable bonds is 4. The predicted octanol–water partition coefficient (Wildman–Crippen LogP) is 3.55. The summed E-state index contributed by atoms with van der Waals surface area (Å²) >= 11 is 0. The Bertz CT molecular complexity index is 526. The molecule has 4 nitrogen and oxygen atoms in total. The normalized spacial score (nSPS) is 18.5. The summed E-state index contributed by atoms with van der Waals surface area (Å²) in [7, 11) is 0. The fourth-order valence-electron chi connectivity index (χ4n) is 2.97. The van der Waals surface area contributed by atoms with Crippen molar-refractivity contribution in [2.24, 2.45) is 0 Å². The van der Waals surface area contributed by atoms with Crippen LogP contribution >= 0.6 is 24.8 Å². The van der Waals surface area contributed by atoms with E-state index in [2.05, 4.69) is 10.2 Å². The molecule has 3 rings (SSSR count). The zero-order valence-corrected chi connectivity index (χ0v) is 14.6. The van der Waals surface area contributed by atoms with Gasteiger partial charge < -0.3 is 14.8 Å². The molecule has 0 unspecified atom stereocenters. The van der Waals surface area contributed by atoms with Crippen LogP contribution in [0.5, 0.6) is 11.5 Å². The van der Waals surface area contributed by atoms with Gasteiger partial charge in [-0.1, -0.05) is 6.07 Å². The highest BCUT2D eigenvalue weighted by Crippen LogP contribution is 2.38. The van der Waals surface area contributed by atoms with E-state index in [0.717, 1.165) is 31.7 Å². The number of alkyl halides is 3. The second kappa shape index (κ2) is 8.99. The van der Waals surface area contributed by atoms with E-state index < -0.39 is 12.6 Å². The zero-order valence-electron chi connectivity index (χ0n) is 13.0. The van der Waals surface area contributed by atoms with E-state index in [9.17, 15) is 13.2 Å². The molecule has 1 aromatic rings. The summed E-state index contributed by atoms with van der Waals surface area (Å²) in [5, 5.41) is 3.23. The Morgan fingerprint density at radius 3 is 2.42 bits per heavy atom. The van der Waals surface area contributed by atoms with E-state index in [1.54, 1.807) is 6.07 Å². The number of hydrogen-bond acceptors (Lipinski definition) is 4. The molecule has 138 valence electrons. The largest absolute Gasteiger partial charge is 0.454 e. The molecule has 0 saturated carbocycles. The maximum atomic E-state index is 12.6. The lowest BCUT2D eigenvalue weighted by Gasteiger charge is -2.35. The average Bonchev–Trinajstić information content (AvgIpc) is 2.95. The van der Waals surface area contributed by atoms with Crippen LogP contribution < -0.4 is 14.8 Å². The molecule has 0 amide bonds. The third-order valence-electron chi connectivity index (χ3n) is 4.08. The number of hydrogen-bond donors (Lipinski definition) is 1. The van der Waals surface area contributed by atoms with Gasteiger partial charge >= 0.3 is 6.18 Å². The minimum absolute atomic E-state index is 0. The highest BCUT2D eigenvalue weighted by Gasteiger charge is 2.31. The summed E-state index contributed by atoms with van der Waals surface area (Å²) in [5.41, 5.74) is 0.857. The van der Waals surface area contributed by atoms with E-state index in [0.29, 0.717) is 11.5 Å². The van der Waals surface area contributed by atoms with Gasteiger partial charge in [0.05, 0.1) is 0 Å². The van der Waals surface area contributed by atoms with Crippen molar-refractivity contribution in [1.29, 1.82) is 0 Å². The van der Waals surface area contributed by atoms with Crippen LogP contribution in [-0.4, -0.2) is 44.0 Å². The number of nitrogens with one attached hydrogen (secondary N) is 1. The van der Waals surface area contributed by atoms with Gasteiger partial charge in [0.2, 0.25) is 6.79 Å². The van der Waals surface area contributed by atoms with E-state index in [4.69, 9.17) is 9.47 Å². The van der Waals surface area contributed by atoms with E-state index >= 15 is 0 Å². The van der Waals surface area contributed by atoms with Gasteiger partial charge in [0.25, 0.3) is 0 Å². The number of piperazine rings is 1. The van der Waals surface area contributed by atoms with Crippen LogP contribution in [0.3, 0.4) is 0 Å². The molecule has 1 fully saturated rings. The topological polar surface area (TPSA) is 33.7 Å². The predicted molar refractivity (Wildman–Crippen MR) is 89.5 cm³/mol. The Morgan fingerprint density at radius 2 is 1.75 bits per heavy atom. The van der Waals surface area contributed by atoms with Crippen molar-refractivity contribution in [2.45, 2.75) is 25.1 Å². The van der Waals surface area contributed by atoms with Gasteiger partial charge in [-0.25, -0.2) is 0 Å². The first-order valence-electron chi connectivity index (χ1n) is 7.44. The molecule has 1 saturated heterocycles. The van der Waals surface area contributed by atoms with E-state index in [1.165, 1.54) is 0 Å². The summed E-state index contributed by atoms with van der Waals surface area (Å²) in [4.78, 5) is 2.11. The van der Waals surface area contributed by atoms with Crippen LogP contribution in [0.4, 0.5) is 13.2 Å². The van der Waals surface area contributed by atoms with Crippen molar-refractivity contribution >= 4 is 24.8 Å². The summed E-state index contributed by atoms with van der Waals surface area (Å²) in [6, 6.07) is 5.18. The average molecular weight is 389 g/mol. The second-order valence-corrected chi connectivity index (χ2v) is 5.57. The highest BCUT2D eigenvalue weighted by molar-refractivity contribution is 5.85. The lowest BCUT2D eigenvalue weighted by Crippen LogP contribution is -2.45. The van der Waals surface area contributed by atoms with Gasteiger partial charge in [0, 0.05) is 38.6 Å². The van der Waals surface area contributed by atoms with Crippen LogP contribution in [0.15, 0.2) is 18.2 Å². The molecule has 0 aliphatic carbocycles. The van der Waals surface area contributed by atoms with Crippen LogP contribution in [0, 0.1) is 0 Å². The smallest absolute Gasteiger partial charge is 0.389 e. The van der Waals surface area contributed by atoms with E-state index in [-0.39, 0.29) is 44.1 Å². The standard InChI is InChI=1S/C15H19F3N2O2.2ClH/c16-15(17,18)4-3-12(20-7-5-19-6-8-20)11-1-2-13-14(9-11)22-10-21-13;;/h1-2,9,12,19H,3-8,10H2;2*1H/t12-;;/m1../s1. The second-order valence-electron chi connectivity index (χ2n) is 5.57. The molecule has 1 aromatic carbocycles. The van der Waals surface area contributed by atoms with Crippen molar-refractivity contribution in [3.63, 3.8) is 0 Å². The molecule has 0 radical (unpaired) electrons. The summed E-state index contributed by atoms with van der Waals surface area (Å²) < 4.78 is 48.5.